The minimum atomic E-state index is -0.218. The van der Waals surface area contributed by atoms with Crippen molar-refractivity contribution < 1.29 is 9.59 Å². The number of carbonyl (C=O) groups is 2. The smallest absolute Gasteiger partial charge is 0.243 e. The van der Waals surface area contributed by atoms with Crippen LogP contribution in [-0.4, -0.2) is 24.2 Å². The molecule has 0 aliphatic rings. The molecule has 0 spiro atoms. The first-order chi connectivity index (χ1) is 9.54. The van der Waals surface area contributed by atoms with Gasteiger partial charge in [-0.15, -0.1) is 11.6 Å². The molecule has 1 aromatic carbocycles. The van der Waals surface area contributed by atoms with Gasteiger partial charge >= 0.3 is 0 Å². The van der Waals surface area contributed by atoms with Crippen molar-refractivity contribution in [2.24, 2.45) is 0 Å². The molecule has 0 aliphatic heterocycles. The summed E-state index contributed by atoms with van der Waals surface area (Å²) in [6, 6.07) is 5.73. The van der Waals surface area contributed by atoms with Crippen LogP contribution in [0.4, 0.5) is 5.69 Å². The van der Waals surface area contributed by atoms with Gasteiger partial charge in [0.15, 0.2) is 0 Å². The van der Waals surface area contributed by atoms with E-state index in [1.165, 1.54) is 0 Å². The first kappa shape index (κ1) is 16.5. The third-order valence-corrected chi connectivity index (χ3v) is 3.38. The van der Waals surface area contributed by atoms with Gasteiger partial charge < -0.3 is 10.6 Å². The highest BCUT2D eigenvalue weighted by Gasteiger charge is 2.07. The van der Waals surface area contributed by atoms with Crippen molar-refractivity contribution >= 4 is 29.1 Å². The number of anilines is 1. The highest BCUT2D eigenvalue weighted by Crippen LogP contribution is 2.17. The summed E-state index contributed by atoms with van der Waals surface area (Å²) in [7, 11) is 0. The maximum absolute atomic E-state index is 11.8. The van der Waals surface area contributed by atoms with Crippen LogP contribution in [0.25, 0.3) is 0 Å². The van der Waals surface area contributed by atoms with Gasteiger partial charge in [0, 0.05) is 18.0 Å². The van der Waals surface area contributed by atoms with Crippen molar-refractivity contribution in [3.8, 4) is 0 Å². The normalized spacial score (nSPS) is 10.2. The molecule has 0 aromatic heterocycles. The summed E-state index contributed by atoms with van der Waals surface area (Å²) in [4.78, 5) is 23.2. The molecule has 0 saturated heterocycles. The number of alkyl halides is 1. The van der Waals surface area contributed by atoms with Crippen LogP contribution in [0.5, 0.6) is 0 Å². The Kier molecular flexibility index (Phi) is 7.09. The largest absolute Gasteiger partial charge is 0.347 e. The third kappa shape index (κ3) is 5.61. The summed E-state index contributed by atoms with van der Waals surface area (Å²) >= 11 is 5.53. The lowest BCUT2D eigenvalue weighted by atomic mass is 10.1. The average molecular weight is 297 g/mol. The van der Waals surface area contributed by atoms with Gasteiger partial charge in [-0.25, -0.2) is 0 Å². The Balaban J connectivity index is 2.37. The Morgan fingerprint density at radius 1 is 1.15 bits per heavy atom. The highest BCUT2D eigenvalue weighted by atomic mass is 35.5. The first-order valence-electron chi connectivity index (χ1n) is 6.73. The first-order valence-corrected chi connectivity index (χ1v) is 7.26. The highest BCUT2D eigenvalue weighted by molar-refractivity contribution is 6.17. The quantitative estimate of drug-likeness (QED) is 0.600. The lowest BCUT2D eigenvalue weighted by Crippen LogP contribution is -2.32. The molecule has 0 aliphatic carbocycles. The van der Waals surface area contributed by atoms with Gasteiger partial charge in [0.25, 0.3) is 0 Å². The van der Waals surface area contributed by atoms with E-state index < -0.39 is 0 Å². The predicted octanol–water partition coefficient (Wildman–Crippen LogP) is 2.77. The van der Waals surface area contributed by atoms with Gasteiger partial charge in [-0.05, 0) is 43.9 Å². The zero-order valence-corrected chi connectivity index (χ0v) is 12.7. The molecule has 0 unspecified atom stereocenters. The maximum Gasteiger partial charge on any atom is 0.243 e. The van der Waals surface area contributed by atoms with Crippen LogP contribution in [0, 0.1) is 13.8 Å². The van der Waals surface area contributed by atoms with E-state index in [1.807, 2.05) is 32.0 Å². The molecule has 0 fully saturated rings. The number of hydrogen-bond acceptors (Lipinski definition) is 2. The molecular weight excluding hydrogens is 276 g/mol. The number of halogens is 1. The van der Waals surface area contributed by atoms with E-state index in [-0.39, 0.29) is 18.4 Å². The Morgan fingerprint density at radius 2 is 1.90 bits per heavy atom. The molecule has 0 radical (unpaired) electrons. The second kappa shape index (κ2) is 8.59. The van der Waals surface area contributed by atoms with Crippen molar-refractivity contribution in [3.05, 3.63) is 29.3 Å². The molecule has 0 atom stereocenters. The standard InChI is InChI=1S/C15H21ClN2O2/c1-11-6-5-7-13(12(11)2)18-15(20)10-17-14(19)8-3-4-9-16/h5-7H,3-4,8-10H2,1-2H3,(H,17,19)(H,18,20). The van der Waals surface area contributed by atoms with Crippen molar-refractivity contribution in [1.29, 1.82) is 0 Å². The molecule has 2 amide bonds. The van der Waals surface area contributed by atoms with E-state index in [2.05, 4.69) is 10.6 Å². The molecule has 0 bridgehead atoms. The lowest BCUT2D eigenvalue weighted by molar-refractivity contribution is -0.124. The number of nitrogens with one attached hydrogen (secondary N) is 2. The van der Waals surface area contributed by atoms with Crippen LogP contribution >= 0.6 is 11.6 Å². The number of hydrogen-bond donors (Lipinski definition) is 2. The fourth-order valence-electron chi connectivity index (χ4n) is 1.73. The van der Waals surface area contributed by atoms with Crippen LogP contribution in [0.2, 0.25) is 0 Å². The van der Waals surface area contributed by atoms with Gasteiger partial charge in [0.1, 0.15) is 0 Å². The molecule has 0 saturated carbocycles. The molecule has 2 N–H and O–H groups in total. The van der Waals surface area contributed by atoms with Gasteiger partial charge in [0.2, 0.25) is 11.8 Å². The minimum absolute atomic E-state index is 0.00685. The zero-order valence-electron chi connectivity index (χ0n) is 12.0. The number of carbonyl (C=O) groups excluding carboxylic acids is 2. The third-order valence-electron chi connectivity index (χ3n) is 3.11. The fraction of sp³-hybridized carbons (Fsp3) is 0.467. The maximum atomic E-state index is 11.8. The van der Waals surface area contributed by atoms with Gasteiger partial charge in [0.05, 0.1) is 6.54 Å². The van der Waals surface area contributed by atoms with Gasteiger partial charge in [-0.3, -0.25) is 9.59 Å². The minimum Gasteiger partial charge on any atom is -0.347 e. The van der Waals surface area contributed by atoms with E-state index >= 15 is 0 Å². The van der Waals surface area contributed by atoms with E-state index in [0.717, 1.165) is 29.7 Å². The number of amides is 2. The summed E-state index contributed by atoms with van der Waals surface area (Å²) in [5.74, 6) is 0.219. The lowest BCUT2D eigenvalue weighted by Gasteiger charge is -2.10. The van der Waals surface area contributed by atoms with Crippen LogP contribution in [-0.2, 0) is 9.59 Å². The number of aryl methyl sites for hydroxylation is 1. The van der Waals surface area contributed by atoms with Crippen LogP contribution in [0.1, 0.15) is 30.4 Å². The van der Waals surface area contributed by atoms with Crippen LogP contribution in [0.3, 0.4) is 0 Å². The zero-order chi connectivity index (χ0) is 15.0. The van der Waals surface area contributed by atoms with E-state index in [4.69, 9.17) is 11.6 Å². The molecular formula is C15H21ClN2O2. The van der Waals surface area contributed by atoms with Crippen LogP contribution in [0.15, 0.2) is 18.2 Å². The summed E-state index contributed by atoms with van der Waals surface area (Å²) < 4.78 is 0. The Hall–Kier alpha value is -1.55. The molecule has 1 rings (SSSR count). The summed E-state index contributed by atoms with van der Waals surface area (Å²) in [5, 5.41) is 5.40. The van der Waals surface area contributed by atoms with Gasteiger partial charge in [-0.2, -0.15) is 0 Å². The number of unbranched alkanes of at least 4 members (excludes halogenated alkanes) is 1. The average Bonchev–Trinajstić information content (AvgIpc) is 2.42. The second-order valence-electron chi connectivity index (χ2n) is 4.72. The summed E-state index contributed by atoms with van der Waals surface area (Å²) in [6.45, 7) is 3.94. The molecule has 4 nitrogen and oxygen atoms in total. The summed E-state index contributed by atoms with van der Waals surface area (Å²) in [5.41, 5.74) is 2.94. The fourth-order valence-corrected chi connectivity index (χ4v) is 1.92. The molecule has 20 heavy (non-hydrogen) atoms. The van der Waals surface area contributed by atoms with Crippen LogP contribution < -0.4 is 10.6 Å². The van der Waals surface area contributed by atoms with E-state index in [1.54, 1.807) is 0 Å². The Bertz CT molecular complexity index is 475. The Morgan fingerprint density at radius 3 is 2.60 bits per heavy atom. The molecule has 5 heteroatoms. The Labute approximate surface area is 124 Å². The van der Waals surface area contributed by atoms with Crippen molar-refractivity contribution in [3.63, 3.8) is 0 Å². The molecule has 110 valence electrons. The van der Waals surface area contributed by atoms with Crippen molar-refractivity contribution in [2.75, 3.05) is 17.7 Å². The number of benzene rings is 1. The van der Waals surface area contributed by atoms with E-state index in [0.29, 0.717) is 12.3 Å². The van der Waals surface area contributed by atoms with Crippen molar-refractivity contribution in [1.82, 2.24) is 5.32 Å². The van der Waals surface area contributed by atoms with Crippen molar-refractivity contribution in [2.45, 2.75) is 33.1 Å². The number of rotatable bonds is 7. The predicted molar refractivity (Wildman–Crippen MR) is 82.1 cm³/mol. The topological polar surface area (TPSA) is 58.2 Å². The SMILES string of the molecule is Cc1cccc(NC(=O)CNC(=O)CCCCCl)c1C. The molecule has 1 aromatic rings. The van der Waals surface area contributed by atoms with E-state index in [9.17, 15) is 9.59 Å². The second-order valence-corrected chi connectivity index (χ2v) is 5.10. The monoisotopic (exact) mass is 296 g/mol. The molecule has 0 heterocycles. The van der Waals surface area contributed by atoms with Gasteiger partial charge in [-0.1, -0.05) is 12.1 Å². The summed E-state index contributed by atoms with van der Waals surface area (Å²) in [6.07, 6.45) is 1.96.